The van der Waals surface area contributed by atoms with Gasteiger partial charge in [0.25, 0.3) is 0 Å². The van der Waals surface area contributed by atoms with Gasteiger partial charge in [0.15, 0.2) is 11.7 Å². The van der Waals surface area contributed by atoms with Crippen LogP contribution in [0.4, 0.5) is 0 Å². The molecule has 0 N–H and O–H groups in total. The normalized spacial score (nSPS) is 22.5. The van der Waals surface area contributed by atoms with Gasteiger partial charge in [0, 0.05) is 25.5 Å². The molecule has 1 aromatic heterocycles. The highest BCUT2D eigenvalue weighted by molar-refractivity contribution is 5.65. The second-order valence-corrected chi connectivity index (χ2v) is 6.42. The molecule has 1 heteroatoms. The standard InChI is InChI=1S/C20H26N/c1-5-19(4)20(6-2,7-3)17-13-9-8-12-16(17)18-14-10-11-15-21(18)19/h8-15H,5-7H2,1-4H3/q+1. The smallest absolute Gasteiger partial charge is 0.192 e. The lowest BCUT2D eigenvalue weighted by Crippen LogP contribution is -2.68. The number of nitrogens with zero attached hydrogens (tertiary/aromatic N) is 1. The first-order valence-electron chi connectivity index (χ1n) is 8.25. The summed E-state index contributed by atoms with van der Waals surface area (Å²) in [6.07, 6.45) is 5.76. The fraction of sp³-hybridized carbons (Fsp3) is 0.450. The van der Waals surface area contributed by atoms with Crippen LogP contribution in [0.5, 0.6) is 0 Å². The molecular formula is C20H26N+. The van der Waals surface area contributed by atoms with Gasteiger partial charge in [-0.1, -0.05) is 39.0 Å². The Morgan fingerprint density at radius 1 is 0.857 bits per heavy atom. The Labute approximate surface area is 128 Å². The molecule has 1 atom stereocenters. The topological polar surface area (TPSA) is 3.88 Å². The van der Waals surface area contributed by atoms with Crippen LogP contribution in [0.25, 0.3) is 11.3 Å². The van der Waals surface area contributed by atoms with Gasteiger partial charge < -0.3 is 0 Å². The van der Waals surface area contributed by atoms with Crippen LogP contribution in [0, 0.1) is 0 Å². The van der Waals surface area contributed by atoms with Crippen molar-refractivity contribution in [1.29, 1.82) is 0 Å². The molecule has 2 aromatic rings. The van der Waals surface area contributed by atoms with Crippen molar-refractivity contribution < 1.29 is 4.57 Å². The zero-order chi connectivity index (χ0) is 15.1. The second kappa shape index (κ2) is 4.98. The van der Waals surface area contributed by atoms with Gasteiger partial charge in [0.05, 0.1) is 11.0 Å². The monoisotopic (exact) mass is 280 g/mol. The highest BCUT2D eigenvalue weighted by Crippen LogP contribution is 2.51. The van der Waals surface area contributed by atoms with Crippen LogP contribution in [0.1, 0.15) is 52.5 Å². The summed E-state index contributed by atoms with van der Waals surface area (Å²) >= 11 is 0. The van der Waals surface area contributed by atoms with Gasteiger partial charge in [-0.25, -0.2) is 0 Å². The Balaban J connectivity index is 2.43. The van der Waals surface area contributed by atoms with Crippen molar-refractivity contribution in [2.45, 2.75) is 57.9 Å². The maximum atomic E-state index is 2.53. The Morgan fingerprint density at radius 3 is 2.19 bits per heavy atom. The lowest BCUT2D eigenvalue weighted by molar-refractivity contribution is -0.766. The van der Waals surface area contributed by atoms with E-state index >= 15 is 0 Å². The molecule has 0 fully saturated rings. The van der Waals surface area contributed by atoms with Gasteiger partial charge in [0.1, 0.15) is 0 Å². The molecule has 0 spiro atoms. The Hall–Kier alpha value is -1.63. The summed E-state index contributed by atoms with van der Waals surface area (Å²) in [6.45, 7) is 9.47. The van der Waals surface area contributed by atoms with Crippen molar-refractivity contribution in [1.82, 2.24) is 0 Å². The molecule has 0 saturated carbocycles. The summed E-state index contributed by atoms with van der Waals surface area (Å²) in [5, 5.41) is 0. The van der Waals surface area contributed by atoms with Crippen LogP contribution in [-0.4, -0.2) is 0 Å². The van der Waals surface area contributed by atoms with E-state index in [1.807, 2.05) is 0 Å². The minimum absolute atomic E-state index is 0.126. The summed E-state index contributed by atoms with van der Waals surface area (Å²) in [4.78, 5) is 0. The van der Waals surface area contributed by atoms with E-state index in [1.165, 1.54) is 29.7 Å². The molecule has 0 bridgehead atoms. The zero-order valence-corrected chi connectivity index (χ0v) is 13.7. The fourth-order valence-corrected chi connectivity index (χ4v) is 4.64. The minimum atomic E-state index is 0.126. The van der Waals surface area contributed by atoms with Gasteiger partial charge in [-0.05, 0) is 30.5 Å². The fourth-order valence-electron chi connectivity index (χ4n) is 4.64. The molecule has 1 aliphatic rings. The van der Waals surface area contributed by atoms with Gasteiger partial charge in [-0.2, -0.15) is 4.57 Å². The summed E-state index contributed by atoms with van der Waals surface area (Å²) < 4.78 is 2.53. The largest absolute Gasteiger partial charge is 0.213 e. The van der Waals surface area contributed by atoms with Crippen molar-refractivity contribution in [3.05, 3.63) is 54.2 Å². The molecule has 1 unspecified atom stereocenters. The van der Waals surface area contributed by atoms with Crippen LogP contribution >= 0.6 is 0 Å². The van der Waals surface area contributed by atoms with E-state index in [9.17, 15) is 0 Å². The Kier molecular flexibility index (Phi) is 3.39. The third-order valence-corrected chi connectivity index (χ3v) is 6.04. The number of benzene rings is 1. The average molecular weight is 280 g/mol. The Bertz CT molecular complexity index is 654. The highest BCUT2D eigenvalue weighted by Gasteiger charge is 2.57. The minimum Gasteiger partial charge on any atom is -0.192 e. The molecule has 110 valence electrons. The molecule has 2 heterocycles. The lowest BCUT2D eigenvalue weighted by Gasteiger charge is -2.47. The van der Waals surface area contributed by atoms with Crippen molar-refractivity contribution in [3.8, 4) is 11.3 Å². The number of fused-ring (bicyclic) bond motifs is 3. The van der Waals surface area contributed by atoms with Crippen LogP contribution < -0.4 is 4.57 Å². The first-order chi connectivity index (χ1) is 10.1. The van der Waals surface area contributed by atoms with E-state index in [2.05, 4.69) is 80.9 Å². The molecule has 3 rings (SSSR count). The predicted octanol–water partition coefficient (Wildman–Crippen LogP) is 4.84. The number of pyridine rings is 1. The van der Waals surface area contributed by atoms with Gasteiger partial charge in [-0.3, -0.25) is 0 Å². The van der Waals surface area contributed by atoms with Gasteiger partial charge >= 0.3 is 0 Å². The molecule has 0 amide bonds. The average Bonchev–Trinajstić information content (AvgIpc) is 2.56. The second-order valence-electron chi connectivity index (χ2n) is 6.42. The van der Waals surface area contributed by atoms with Crippen molar-refractivity contribution >= 4 is 0 Å². The lowest BCUT2D eigenvalue weighted by atomic mass is 9.58. The maximum absolute atomic E-state index is 2.53. The molecule has 21 heavy (non-hydrogen) atoms. The summed E-state index contributed by atoms with van der Waals surface area (Å²) in [5.74, 6) is 0. The molecule has 0 radical (unpaired) electrons. The predicted molar refractivity (Wildman–Crippen MR) is 88.3 cm³/mol. The van der Waals surface area contributed by atoms with Crippen molar-refractivity contribution in [2.75, 3.05) is 0 Å². The van der Waals surface area contributed by atoms with E-state index in [0.717, 1.165) is 6.42 Å². The summed E-state index contributed by atoms with van der Waals surface area (Å²) in [5.41, 5.74) is 4.63. The van der Waals surface area contributed by atoms with Crippen molar-refractivity contribution in [3.63, 3.8) is 0 Å². The van der Waals surface area contributed by atoms with Gasteiger partial charge in [0.2, 0.25) is 5.69 Å². The third-order valence-electron chi connectivity index (χ3n) is 6.04. The molecule has 0 aliphatic carbocycles. The number of rotatable bonds is 3. The number of hydrogen-bond donors (Lipinski definition) is 0. The molecule has 0 saturated heterocycles. The van der Waals surface area contributed by atoms with E-state index in [1.54, 1.807) is 0 Å². The van der Waals surface area contributed by atoms with Crippen LogP contribution in [0.15, 0.2) is 48.7 Å². The first-order valence-corrected chi connectivity index (χ1v) is 8.25. The summed E-state index contributed by atoms with van der Waals surface area (Å²) in [7, 11) is 0. The van der Waals surface area contributed by atoms with E-state index < -0.39 is 0 Å². The van der Waals surface area contributed by atoms with Crippen LogP contribution in [0.3, 0.4) is 0 Å². The van der Waals surface area contributed by atoms with E-state index in [4.69, 9.17) is 0 Å². The van der Waals surface area contributed by atoms with E-state index in [-0.39, 0.29) is 11.0 Å². The Morgan fingerprint density at radius 2 is 1.52 bits per heavy atom. The maximum Gasteiger partial charge on any atom is 0.213 e. The molecular weight excluding hydrogens is 254 g/mol. The highest BCUT2D eigenvalue weighted by atomic mass is 15.1. The van der Waals surface area contributed by atoms with Crippen LogP contribution in [0.2, 0.25) is 0 Å². The number of hydrogen-bond acceptors (Lipinski definition) is 0. The molecule has 1 aromatic carbocycles. The first kappa shape index (κ1) is 14.3. The zero-order valence-electron chi connectivity index (χ0n) is 13.7. The van der Waals surface area contributed by atoms with Crippen LogP contribution in [-0.2, 0) is 11.0 Å². The quantitative estimate of drug-likeness (QED) is 0.708. The third kappa shape index (κ3) is 1.67. The summed E-state index contributed by atoms with van der Waals surface area (Å²) in [6, 6.07) is 15.6. The van der Waals surface area contributed by atoms with E-state index in [0.29, 0.717) is 0 Å². The molecule has 1 aliphatic heterocycles. The number of aromatic nitrogens is 1. The van der Waals surface area contributed by atoms with Gasteiger partial charge in [-0.15, -0.1) is 0 Å². The molecule has 1 nitrogen and oxygen atoms in total. The van der Waals surface area contributed by atoms with Crippen molar-refractivity contribution in [2.24, 2.45) is 0 Å². The SMILES string of the molecule is CCC1(CC)c2ccccc2-c2cccc[n+]2C1(C)CC.